The van der Waals surface area contributed by atoms with Gasteiger partial charge in [-0.25, -0.2) is 0 Å². The van der Waals surface area contributed by atoms with Gasteiger partial charge in [-0.1, -0.05) is 0 Å². The van der Waals surface area contributed by atoms with Gasteiger partial charge < -0.3 is 10.1 Å². The Kier molecular flexibility index (Phi) is 2.73. The van der Waals surface area contributed by atoms with Crippen molar-refractivity contribution < 1.29 is 9.53 Å². The first kappa shape index (κ1) is 9.52. The van der Waals surface area contributed by atoms with Crippen molar-refractivity contribution >= 4 is 5.97 Å². The van der Waals surface area contributed by atoms with Crippen LogP contribution in [0.1, 0.15) is 33.6 Å². The van der Waals surface area contributed by atoms with Gasteiger partial charge in [0, 0.05) is 0 Å². The lowest BCUT2D eigenvalue weighted by Gasteiger charge is -2.21. The Hall–Kier alpha value is -0.570. The molecule has 1 aliphatic heterocycles. The van der Waals surface area contributed by atoms with Gasteiger partial charge in [0.1, 0.15) is 11.6 Å². The van der Waals surface area contributed by atoms with Gasteiger partial charge in [-0.3, -0.25) is 4.79 Å². The third kappa shape index (κ3) is 2.81. The molecule has 1 N–H and O–H groups in total. The summed E-state index contributed by atoms with van der Waals surface area (Å²) in [6.07, 6.45) is 1.98. The Labute approximate surface area is 73.5 Å². The van der Waals surface area contributed by atoms with Gasteiger partial charge in [-0.05, 0) is 40.2 Å². The van der Waals surface area contributed by atoms with E-state index in [9.17, 15) is 4.79 Å². The van der Waals surface area contributed by atoms with Crippen LogP contribution in [0.2, 0.25) is 0 Å². The highest BCUT2D eigenvalue weighted by Gasteiger charge is 2.26. The summed E-state index contributed by atoms with van der Waals surface area (Å²) in [5, 5.41) is 3.10. The van der Waals surface area contributed by atoms with Gasteiger partial charge in [-0.2, -0.15) is 0 Å². The first-order valence-corrected chi connectivity index (χ1v) is 4.45. The van der Waals surface area contributed by atoms with E-state index in [1.54, 1.807) is 0 Å². The van der Waals surface area contributed by atoms with Gasteiger partial charge in [0.15, 0.2) is 0 Å². The van der Waals surface area contributed by atoms with Crippen molar-refractivity contribution in [1.82, 2.24) is 5.32 Å². The summed E-state index contributed by atoms with van der Waals surface area (Å²) in [5.41, 5.74) is -0.360. The molecule has 0 aromatic rings. The van der Waals surface area contributed by atoms with Crippen LogP contribution >= 0.6 is 0 Å². The second-order valence-electron chi connectivity index (χ2n) is 4.18. The lowest BCUT2D eigenvalue weighted by molar-refractivity contribution is -0.157. The quantitative estimate of drug-likeness (QED) is 0.600. The molecule has 1 heterocycles. The van der Waals surface area contributed by atoms with Crippen molar-refractivity contribution in [1.29, 1.82) is 0 Å². The maximum atomic E-state index is 11.4. The third-order valence-corrected chi connectivity index (χ3v) is 1.75. The van der Waals surface area contributed by atoms with E-state index in [1.807, 2.05) is 20.8 Å². The standard InChI is InChI=1S/C9H17NO2/c1-9(2,3)12-8(11)7-5-4-6-10-7/h7,10H,4-6H2,1-3H3. The lowest BCUT2D eigenvalue weighted by atomic mass is 10.2. The highest BCUT2D eigenvalue weighted by molar-refractivity contribution is 5.76. The van der Waals surface area contributed by atoms with Crippen LogP contribution in [0.15, 0.2) is 0 Å². The van der Waals surface area contributed by atoms with Gasteiger partial charge >= 0.3 is 5.97 Å². The number of nitrogens with one attached hydrogen (secondary N) is 1. The lowest BCUT2D eigenvalue weighted by Crippen LogP contribution is -2.37. The highest BCUT2D eigenvalue weighted by Crippen LogP contribution is 2.12. The summed E-state index contributed by atoms with van der Waals surface area (Å²) < 4.78 is 5.22. The zero-order valence-corrected chi connectivity index (χ0v) is 8.02. The predicted octanol–water partition coefficient (Wildman–Crippen LogP) is 1.08. The Morgan fingerprint density at radius 3 is 2.58 bits per heavy atom. The highest BCUT2D eigenvalue weighted by atomic mass is 16.6. The molecule has 0 aromatic heterocycles. The fraction of sp³-hybridized carbons (Fsp3) is 0.889. The minimum atomic E-state index is -0.360. The van der Waals surface area contributed by atoms with E-state index in [4.69, 9.17) is 4.74 Å². The normalized spacial score (nSPS) is 24.1. The third-order valence-electron chi connectivity index (χ3n) is 1.75. The molecule has 1 fully saturated rings. The number of esters is 1. The number of carbonyl (C=O) groups is 1. The molecule has 0 radical (unpaired) electrons. The van der Waals surface area contributed by atoms with Crippen LogP contribution in [0.5, 0.6) is 0 Å². The molecule has 0 saturated carbocycles. The first-order valence-electron chi connectivity index (χ1n) is 4.45. The number of carbonyl (C=O) groups excluding carboxylic acids is 1. The number of hydrogen-bond donors (Lipinski definition) is 1. The van der Waals surface area contributed by atoms with Crippen LogP contribution in [-0.2, 0) is 9.53 Å². The summed E-state index contributed by atoms with van der Waals surface area (Å²) in [7, 11) is 0. The number of hydrogen-bond acceptors (Lipinski definition) is 3. The number of rotatable bonds is 1. The molecule has 3 heteroatoms. The van der Waals surface area contributed by atoms with Crippen molar-refractivity contribution in [2.24, 2.45) is 0 Å². The molecular weight excluding hydrogens is 154 g/mol. The minimum Gasteiger partial charge on any atom is -0.459 e. The van der Waals surface area contributed by atoms with E-state index in [2.05, 4.69) is 5.32 Å². The molecule has 1 atom stereocenters. The second-order valence-corrected chi connectivity index (χ2v) is 4.18. The maximum absolute atomic E-state index is 11.4. The van der Waals surface area contributed by atoms with Gasteiger partial charge in [-0.15, -0.1) is 0 Å². The van der Waals surface area contributed by atoms with Crippen LogP contribution in [0, 0.1) is 0 Å². The zero-order valence-electron chi connectivity index (χ0n) is 8.02. The van der Waals surface area contributed by atoms with E-state index in [0.717, 1.165) is 19.4 Å². The van der Waals surface area contributed by atoms with Crippen LogP contribution in [0.3, 0.4) is 0 Å². The summed E-state index contributed by atoms with van der Waals surface area (Å²) in [6.45, 7) is 6.60. The summed E-state index contributed by atoms with van der Waals surface area (Å²) >= 11 is 0. The molecule has 1 unspecified atom stereocenters. The van der Waals surface area contributed by atoms with E-state index >= 15 is 0 Å². The molecule has 0 aliphatic carbocycles. The molecule has 0 amide bonds. The molecule has 0 spiro atoms. The summed E-state index contributed by atoms with van der Waals surface area (Å²) in [6, 6.07) is -0.0655. The van der Waals surface area contributed by atoms with Crippen molar-refractivity contribution in [2.75, 3.05) is 6.54 Å². The van der Waals surface area contributed by atoms with Crippen LogP contribution in [0.25, 0.3) is 0 Å². The first-order chi connectivity index (χ1) is 5.49. The topological polar surface area (TPSA) is 38.3 Å². The van der Waals surface area contributed by atoms with Gasteiger partial charge in [0.25, 0.3) is 0 Å². The summed E-state index contributed by atoms with van der Waals surface area (Å²) in [4.78, 5) is 11.4. The average Bonchev–Trinajstić information content (AvgIpc) is 2.32. The molecule has 0 aromatic carbocycles. The Morgan fingerprint density at radius 1 is 1.50 bits per heavy atom. The van der Waals surface area contributed by atoms with Crippen LogP contribution < -0.4 is 5.32 Å². The average molecular weight is 171 g/mol. The largest absolute Gasteiger partial charge is 0.459 e. The van der Waals surface area contributed by atoms with Gasteiger partial charge in [0.2, 0.25) is 0 Å². The smallest absolute Gasteiger partial charge is 0.323 e. The van der Waals surface area contributed by atoms with E-state index in [1.165, 1.54) is 0 Å². The van der Waals surface area contributed by atoms with Crippen molar-refractivity contribution in [3.05, 3.63) is 0 Å². The van der Waals surface area contributed by atoms with E-state index in [0.29, 0.717) is 0 Å². The second kappa shape index (κ2) is 3.44. The van der Waals surface area contributed by atoms with Crippen molar-refractivity contribution in [3.8, 4) is 0 Å². The molecule has 1 saturated heterocycles. The molecule has 0 bridgehead atoms. The van der Waals surface area contributed by atoms with Crippen molar-refractivity contribution in [2.45, 2.75) is 45.3 Å². The summed E-state index contributed by atoms with van der Waals surface area (Å²) in [5.74, 6) is -0.111. The Morgan fingerprint density at radius 2 is 2.17 bits per heavy atom. The fourth-order valence-corrected chi connectivity index (χ4v) is 1.26. The Bertz CT molecular complexity index is 166. The van der Waals surface area contributed by atoms with E-state index < -0.39 is 0 Å². The fourth-order valence-electron chi connectivity index (χ4n) is 1.26. The SMILES string of the molecule is CC(C)(C)OC(=O)C1CCCN1. The van der Waals surface area contributed by atoms with Crippen molar-refractivity contribution in [3.63, 3.8) is 0 Å². The Balaban J connectivity index is 2.37. The molecule has 1 aliphatic rings. The van der Waals surface area contributed by atoms with Crippen LogP contribution in [0.4, 0.5) is 0 Å². The molecular formula is C9H17NO2. The molecule has 12 heavy (non-hydrogen) atoms. The number of ether oxygens (including phenoxy) is 1. The van der Waals surface area contributed by atoms with Crippen LogP contribution in [-0.4, -0.2) is 24.2 Å². The van der Waals surface area contributed by atoms with E-state index in [-0.39, 0.29) is 17.6 Å². The predicted molar refractivity (Wildman–Crippen MR) is 46.9 cm³/mol. The molecule has 70 valence electrons. The molecule has 3 nitrogen and oxygen atoms in total. The monoisotopic (exact) mass is 171 g/mol. The maximum Gasteiger partial charge on any atom is 0.323 e. The van der Waals surface area contributed by atoms with Gasteiger partial charge in [0.05, 0.1) is 0 Å². The molecule has 1 rings (SSSR count). The zero-order chi connectivity index (χ0) is 9.19. The minimum absolute atomic E-state index is 0.0655.